The Morgan fingerprint density at radius 1 is 0.917 bits per heavy atom. The summed E-state index contributed by atoms with van der Waals surface area (Å²) in [6, 6.07) is 15.4. The highest BCUT2D eigenvalue weighted by atomic mass is 16.4. The van der Waals surface area contributed by atoms with Gasteiger partial charge < -0.3 is 21.3 Å². The maximum atomic E-state index is 10.7. The van der Waals surface area contributed by atoms with Gasteiger partial charge in [-0.05, 0) is 11.1 Å². The van der Waals surface area contributed by atoms with Crippen molar-refractivity contribution in [1.82, 2.24) is 5.32 Å². The normalized spacial score (nSPS) is 11.8. The predicted octanol–water partition coefficient (Wildman–Crippen LogP) is 1.65. The molecular weight excluding hydrogens is 310 g/mol. The number of rotatable bonds is 5. The summed E-state index contributed by atoms with van der Waals surface area (Å²) in [4.78, 5) is 21.1. The van der Waals surface area contributed by atoms with Gasteiger partial charge in [-0.3, -0.25) is 4.79 Å². The molecule has 0 saturated heterocycles. The van der Waals surface area contributed by atoms with Crippen molar-refractivity contribution in [3.63, 3.8) is 0 Å². The third kappa shape index (κ3) is 5.79. The second-order valence-corrected chi connectivity index (χ2v) is 4.66. The van der Waals surface area contributed by atoms with Gasteiger partial charge in [-0.1, -0.05) is 60.7 Å². The number of nitrogens with zero attached hydrogens (tertiary/aromatic N) is 1. The minimum atomic E-state index is -1.06. The van der Waals surface area contributed by atoms with Crippen molar-refractivity contribution >= 4 is 11.9 Å². The topological polar surface area (TPSA) is 136 Å². The number of hydrogen-bond acceptors (Lipinski definition) is 5. The number of nitriles is 1. The third-order valence-electron chi connectivity index (χ3n) is 3.01. The first kappa shape index (κ1) is 18.7. The van der Waals surface area contributed by atoms with Crippen LogP contribution >= 0.6 is 0 Å². The summed E-state index contributed by atoms with van der Waals surface area (Å²) in [5, 5.41) is 27.8. The van der Waals surface area contributed by atoms with E-state index in [4.69, 9.17) is 21.2 Å². The lowest BCUT2D eigenvalue weighted by Crippen LogP contribution is -2.24. The monoisotopic (exact) mass is 327 g/mol. The average molecular weight is 327 g/mol. The number of carboxylic acids is 2. The molecule has 5 N–H and O–H groups in total. The summed E-state index contributed by atoms with van der Waals surface area (Å²) in [5.41, 5.74) is 6.53. The Kier molecular flexibility index (Phi) is 7.48. The van der Waals surface area contributed by atoms with E-state index in [1.165, 1.54) is 0 Å². The van der Waals surface area contributed by atoms with Gasteiger partial charge in [-0.2, -0.15) is 5.26 Å². The van der Waals surface area contributed by atoms with Crippen molar-refractivity contribution < 1.29 is 19.8 Å². The SMILES string of the molecule is N#CNC(C(=O)O)c1ccccc1.NC(C(=O)O)c1ccccc1. The first-order valence-corrected chi connectivity index (χ1v) is 6.93. The molecule has 2 aromatic rings. The Balaban J connectivity index is 0.000000243. The van der Waals surface area contributed by atoms with Gasteiger partial charge in [-0.15, -0.1) is 0 Å². The molecule has 7 nitrogen and oxygen atoms in total. The van der Waals surface area contributed by atoms with Crippen LogP contribution in [0.25, 0.3) is 0 Å². The van der Waals surface area contributed by atoms with Crippen molar-refractivity contribution in [2.75, 3.05) is 0 Å². The van der Waals surface area contributed by atoms with E-state index in [0.717, 1.165) is 0 Å². The molecule has 7 heteroatoms. The maximum absolute atomic E-state index is 10.7. The van der Waals surface area contributed by atoms with Gasteiger partial charge >= 0.3 is 11.9 Å². The van der Waals surface area contributed by atoms with Gasteiger partial charge in [0, 0.05) is 0 Å². The largest absolute Gasteiger partial charge is 0.480 e. The molecule has 2 rings (SSSR count). The van der Waals surface area contributed by atoms with Crippen LogP contribution in [-0.4, -0.2) is 22.2 Å². The van der Waals surface area contributed by atoms with Crippen LogP contribution in [0.5, 0.6) is 0 Å². The van der Waals surface area contributed by atoms with Crippen LogP contribution in [-0.2, 0) is 9.59 Å². The molecule has 0 spiro atoms. The second-order valence-electron chi connectivity index (χ2n) is 4.66. The first-order valence-electron chi connectivity index (χ1n) is 6.93. The lowest BCUT2D eigenvalue weighted by Gasteiger charge is -2.09. The molecule has 0 bridgehead atoms. The van der Waals surface area contributed by atoms with Gasteiger partial charge in [0.2, 0.25) is 0 Å². The molecular formula is C17H17N3O4. The predicted molar refractivity (Wildman–Crippen MR) is 86.6 cm³/mol. The number of nitrogens with two attached hydrogens (primary N) is 1. The number of nitrogens with one attached hydrogen (secondary N) is 1. The van der Waals surface area contributed by atoms with Gasteiger partial charge in [0.25, 0.3) is 0 Å². The number of benzene rings is 2. The van der Waals surface area contributed by atoms with Gasteiger partial charge in [0.1, 0.15) is 6.04 Å². The molecule has 0 amide bonds. The van der Waals surface area contributed by atoms with Crippen LogP contribution in [0.3, 0.4) is 0 Å². The molecule has 124 valence electrons. The average Bonchev–Trinajstić information content (AvgIpc) is 2.60. The van der Waals surface area contributed by atoms with Crippen LogP contribution in [0.2, 0.25) is 0 Å². The molecule has 0 aromatic heterocycles. The molecule has 0 fully saturated rings. The summed E-state index contributed by atoms with van der Waals surface area (Å²) in [6.45, 7) is 0. The summed E-state index contributed by atoms with van der Waals surface area (Å²) in [6.07, 6.45) is 1.62. The van der Waals surface area contributed by atoms with E-state index in [2.05, 4.69) is 5.32 Å². The van der Waals surface area contributed by atoms with E-state index in [9.17, 15) is 9.59 Å². The highest BCUT2D eigenvalue weighted by Gasteiger charge is 2.17. The molecule has 0 aliphatic rings. The van der Waals surface area contributed by atoms with Crippen molar-refractivity contribution in [1.29, 1.82) is 5.26 Å². The Hall–Kier alpha value is -3.37. The molecule has 2 aromatic carbocycles. The van der Waals surface area contributed by atoms with Gasteiger partial charge in [0.15, 0.2) is 12.2 Å². The van der Waals surface area contributed by atoms with Crippen molar-refractivity contribution in [3.05, 3.63) is 71.8 Å². The molecule has 0 aliphatic carbocycles. The van der Waals surface area contributed by atoms with Crippen LogP contribution in [0.1, 0.15) is 23.2 Å². The lowest BCUT2D eigenvalue weighted by molar-refractivity contribution is -0.140. The Bertz CT molecular complexity index is 699. The fourth-order valence-corrected chi connectivity index (χ4v) is 1.80. The van der Waals surface area contributed by atoms with E-state index in [1.807, 2.05) is 6.07 Å². The van der Waals surface area contributed by atoms with Crippen LogP contribution < -0.4 is 11.1 Å². The van der Waals surface area contributed by atoms with Crippen LogP contribution in [0.15, 0.2) is 60.7 Å². The number of carbonyl (C=O) groups is 2. The van der Waals surface area contributed by atoms with Crippen LogP contribution in [0, 0.1) is 11.5 Å². The van der Waals surface area contributed by atoms with Crippen LogP contribution in [0.4, 0.5) is 0 Å². The highest BCUT2D eigenvalue weighted by molar-refractivity contribution is 5.76. The summed E-state index contributed by atoms with van der Waals surface area (Å²) in [7, 11) is 0. The fraction of sp³-hybridized carbons (Fsp3) is 0.118. The fourth-order valence-electron chi connectivity index (χ4n) is 1.80. The van der Waals surface area contributed by atoms with Crippen molar-refractivity contribution in [2.24, 2.45) is 5.73 Å². The molecule has 2 unspecified atom stereocenters. The number of aliphatic carboxylic acids is 2. The van der Waals surface area contributed by atoms with E-state index in [1.54, 1.807) is 60.8 Å². The van der Waals surface area contributed by atoms with Crippen molar-refractivity contribution in [2.45, 2.75) is 12.1 Å². The Morgan fingerprint density at radius 3 is 1.75 bits per heavy atom. The second kappa shape index (κ2) is 9.61. The lowest BCUT2D eigenvalue weighted by atomic mass is 10.1. The standard InChI is InChI=1S/C9H8N2O2.C8H9NO2/c10-6-11-8(9(12)13)7-4-2-1-3-5-7;9-7(8(10)11)6-4-2-1-3-5-6/h1-5,8,11H,(H,12,13);1-5,7H,9H2,(H,10,11). The van der Waals surface area contributed by atoms with Gasteiger partial charge in [-0.25, -0.2) is 4.79 Å². The minimum absolute atomic E-state index is 0.566. The van der Waals surface area contributed by atoms with E-state index in [-0.39, 0.29) is 0 Å². The van der Waals surface area contributed by atoms with E-state index in [0.29, 0.717) is 11.1 Å². The summed E-state index contributed by atoms with van der Waals surface area (Å²) in [5.74, 6) is -2.07. The zero-order chi connectivity index (χ0) is 17.9. The molecule has 0 aliphatic heterocycles. The number of hydrogen-bond donors (Lipinski definition) is 4. The zero-order valence-electron chi connectivity index (χ0n) is 12.7. The van der Waals surface area contributed by atoms with Gasteiger partial charge in [0.05, 0.1) is 0 Å². The summed E-state index contributed by atoms with van der Waals surface area (Å²) < 4.78 is 0. The minimum Gasteiger partial charge on any atom is -0.480 e. The Labute approximate surface area is 139 Å². The summed E-state index contributed by atoms with van der Waals surface area (Å²) >= 11 is 0. The maximum Gasteiger partial charge on any atom is 0.331 e. The smallest absolute Gasteiger partial charge is 0.331 e. The molecule has 0 radical (unpaired) electrons. The Morgan fingerprint density at radius 2 is 1.38 bits per heavy atom. The first-order chi connectivity index (χ1) is 11.5. The molecule has 24 heavy (non-hydrogen) atoms. The zero-order valence-corrected chi connectivity index (χ0v) is 12.7. The van der Waals surface area contributed by atoms with Crippen molar-refractivity contribution in [3.8, 4) is 6.19 Å². The molecule has 0 saturated carbocycles. The molecule has 0 heterocycles. The molecule has 2 atom stereocenters. The third-order valence-corrected chi connectivity index (χ3v) is 3.01. The number of carboxylic acid groups (broad SMARTS) is 2. The van der Waals surface area contributed by atoms with E-state index >= 15 is 0 Å². The quantitative estimate of drug-likeness (QED) is 0.484. The highest BCUT2D eigenvalue weighted by Crippen LogP contribution is 2.11. The van der Waals surface area contributed by atoms with E-state index < -0.39 is 24.0 Å².